The maximum Gasteiger partial charge on any atom is 0.265 e. The molecule has 0 saturated heterocycles. The Labute approximate surface area is 143 Å². The molecule has 0 heterocycles. The Bertz CT molecular complexity index is 729. The summed E-state index contributed by atoms with van der Waals surface area (Å²) < 4.78 is 6.38. The second-order valence-corrected chi connectivity index (χ2v) is 5.98. The first kappa shape index (κ1) is 17.0. The minimum Gasteiger partial charge on any atom is -0.481 e. The average molecular weight is 377 g/mol. The van der Waals surface area contributed by atoms with Gasteiger partial charge in [0.15, 0.2) is 6.10 Å². The molecule has 1 atom stereocenters. The molecule has 5 nitrogen and oxygen atoms in total. The van der Waals surface area contributed by atoms with Gasteiger partial charge in [0.05, 0.1) is 5.69 Å². The SMILES string of the molecule is Cc1ccc(NC(=O)[C@@H](C)Oc2ccc(C(N)=O)cc2)c(Br)c1. The number of carbonyl (C=O) groups is 2. The maximum absolute atomic E-state index is 12.2. The zero-order chi connectivity index (χ0) is 17.0. The molecule has 0 bridgehead atoms. The second-order valence-electron chi connectivity index (χ2n) is 5.12. The van der Waals surface area contributed by atoms with Crippen molar-refractivity contribution in [2.45, 2.75) is 20.0 Å². The van der Waals surface area contributed by atoms with Crippen LogP contribution in [0.5, 0.6) is 5.75 Å². The number of aryl methyl sites for hydroxylation is 1. The summed E-state index contributed by atoms with van der Waals surface area (Å²) in [4.78, 5) is 23.2. The van der Waals surface area contributed by atoms with Gasteiger partial charge in [-0.1, -0.05) is 6.07 Å². The lowest BCUT2D eigenvalue weighted by molar-refractivity contribution is -0.122. The highest BCUT2D eigenvalue weighted by molar-refractivity contribution is 9.10. The molecule has 0 unspecified atom stereocenters. The summed E-state index contributed by atoms with van der Waals surface area (Å²) in [7, 11) is 0. The van der Waals surface area contributed by atoms with Crippen LogP contribution in [0.1, 0.15) is 22.8 Å². The van der Waals surface area contributed by atoms with Crippen LogP contribution < -0.4 is 15.8 Å². The third kappa shape index (κ3) is 4.56. The van der Waals surface area contributed by atoms with E-state index in [9.17, 15) is 9.59 Å². The van der Waals surface area contributed by atoms with Gasteiger partial charge in [-0.3, -0.25) is 9.59 Å². The van der Waals surface area contributed by atoms with Crippen molar-refractivity contribution in [2.75, 3.05) is 5.32 Å². The minimum atomic E-state index is -0.692. The van der Waals surface area contributed by atoms with Crippen molar-refractivity contribution in [1.82, 2.24) is 0 Å². The van der Waals surface area contributed by atoms with Gasteiger partial charge in [-0.05, 0) is 71.7 Å². The Hall–Kier alpha value is -2.34. The first-order valence-electron chi connectivity index (χ1n) is 7.00. The van der Waals surface area contributed by atoms with E-state index in [0.717, 1.165) is 10.0 Å². The zero-order valence-corrected chi connectivity index (χ0v) is 14.4. The van der Waals surface area contributed by atoms with Gasteiger partial charge in [0.25, 0.3) is 5.91 Å². The number of carbonyl (C=O) groups excluding carboxylic acids is 2. The van der Waals surface area contributed by atoms with Gasteiger partial charge in [0.1, 0.15) is 5.75 Å². The number of hydrogen-bond acceptors (Lipinski definition) is 3. The van der Waals surface area contributed by atoms with E-state index in [2.05, 4.69) is 21.2 Å². The quantitative estimate of drug-likeness (QED) is 0.839. The molecule has 2 amide bonds. The minimum absolute atomic E-state index is 0.270. The van der Waals surface area contributed by atoms with Crippen molar-refractivity contribution in [1.29, 1.82) is 0 Å². The molecule has 0 aliphatic rings. The number of ether oxygens (including phenoxy) is 1. The number of nitrogens with one attached hydrogen (secondary N) is 1. The Morgan fingerprint density at radius 1 is 1.17 bits per heavy atom. The summed E-state index contributed by atoms with van der Waals surface area (Å²) in [5.74, 6) is -0.291. The van der Waals surface area contributed by atoms with Gasteiger partial charge in [-0.25, -0.2) is 0 Å². The molecule has 0 spiro atoms. The molecule has 120 valence electrons. The lowest BCUT2D eigenvalue weighted by atomic mass is 10.2. The van der Waals surface area contributed by atoms with Gasteiger partial charge in [-0.2, -0.15) is 0 Å². The predicted octanol–water partition coefficient (Wildman–Crippen LogP) is 3.26. The van der Waals surface area contributed by atoms with Crippen LogP contribution in [-0.2, 0) is 4.79 Å². The zero-order valence-electron chi connectivity index (χ0n) is 12.8. The molecule has 0 radical (unpaired) electrons. The smallest absolute Gasteiger partial charge is 0.265 e. The number of nitrogens with two attached hydrogens (primary N) is 1. The molecule has 0 aromatic heterocycles. The molecule has 23 heavy (non-hydrogen) atoms. The highest BCUT2D eigenvalue weighted by Crippen LogP contribution is 2.24. The Kier molecular flexibility index (Phi) is 5.39. The fourth-order valence-corrected chi connectivity index (χ4v) is 2.50. The third-order valence-electron chi connectivity index (χ3n) is 3.20. The van der Waals surface area contributed by atoms with Crippen molar-refractivity contribution < 1.29 is 14.3 Å². The Balaban J connectivity index is 2.00. The normalized spacial score (nSPS) is 11.6. The van der Waals surface area contributed by atoms with Crippen LogP contribution in [0.25, 0.3) is 0 Å². The molecular weight excluding hydrogens is 360 g/mol. The van der Waals surface area contributed by atoms with Crippen LogP contribution in [0.15, 0.2) is 46.9 Å². The van der Waals surface area contributed by atoms with Gasteiger partial charge < -0.3 is 15.8 Å². The Morgan fingerprint density at radius 3 is 2.39 bits per heavy atom. The molecule has 6 heteroatoms. The molecule has 0 fully saturated rings. The molecule has 0 aliphatic carbocycles. The Morgan fingerprint density at radius 2 is 1.83 bits per heavy atom. The molecule has 2 rings (SSSR count). The number of amides is 2. The van der Waals surface area contributed by atoms with E-state index in [0.29, 0.717) is 17.0 Å². The van der Waals surface area contributed by atoms with Crippen LogP contribution >= 0.6 is 15.9 Å². The number of rotatable bonds is 5. The van der Waals surface area contributed by atoms with E-state index >= 15 is 0 Å². The molecule has 2 aromatic rings. The van der Waals surface area contributed by atoms with Crippen molar-refractivity contribution in [2.24, 2.45) is 5.73 Å². The lowest BCUT2D eigenvalue weighted by Crippen LogP contribution is -2.30. The molecule has 0 aliphatic heterocycles. The van der Waals surface area contributed by atoms with Gasteiger partial charge in [-0.15, -0.1) is 0 Å². The fraction of sp³-hybridized carbons (Fsp3) is 0.176. The van der Waals surface area contributed by atoms with E-state index in [1.165, 1.54) is 0 Å². The number of benzene rings is 2. The molecule has 3 N–H and O–H groups in total. The van der Waals surface area contributed by atoms with Crippen LogP contribution in [0.3, 0.4) is 0 Å². The van der Waals surface area contributed by atoms with Crippen LogP contribution in [-0.4, -0.2) is 17.9 Å². The van der Waals surface area contributed by atoms with Crippen molar-refractivity contribution in [3.05, 3.63) is 58.1 Å². The van der Waals surface area contributed by atoms with E-state index in [-0.39, 0.29) is 5.91 Å². The van der Waals surface area contributed by atoms with Crippen LogP contribution in [0.2, 0.25) is 0 Å². The van der Waals surface area contributed by atoms with Crippen LogP contribution in [0.4, 0.5) is 5.69 Å². The van der Waals surface area contributed by atoms with E-state index in [1.54, 1.807) is 31.2 Å². The van der Waals surface area contributed by atoms with Crippen molar-refractivity contribution >= 4 is 33.4 Å². The maximum atomic E-state index is 12.2. The second kappa shape index (κ2) is 7.28. The summed E-state index contributed by atoms with van der Waals surface area (Å²) in [5, 5.41) is 2.80. The summed E-state index contributed by atoms with van der Waals surface area (Å²) in [6, 6.07) is 12.0. The molecule has 0 saturated carbocycles. The van der Waals surface area contributed by atoms with Crippen molar-refractivity contribution in [3.63, 3.8) is 0 Å². The first-order valence-corrected chi connectivity index (χ1v) is 7.79. The van der Waals surface area contributed by atoms with E-state index in [4.69, 9.17) is 10.5 Å². The summed E-state index contributed by atoms with van der Waals surface area (Å²) in [5.41, 5.74) is 7.33. The summed E-state index contributed by atoms with van der Waals surface area (Å²) >= 11 is 3.41. The van der Waals surface area contributed by atoms with E-state index in [1.807, 2.05) is 25.1 Å². The topological polar surface area (TPSA) is 81.4 Å². The monoisotopic (exact) mass is 376 g/mol. The average Bonchev–Trinajstić information content (AvgIpc) is 2.50. The first-order chi connectivity index (χ1) is 10.9. The molecule has 2 aromatic carbocycles. The lowest BCUT2D eigenvalue weighted by Gasteiger charge is -2.15. The highest BCUT2D eigenvalue weighted by Gasteiger charge is 2.16. The fourth-order valence-electron chi connectivity index (χ4n) is 1.91. The largest absolute Gasteiger partial charge is 0.481 e. The standard InChI is InChI=1S/C17H17BrN2O3/c1-10-3-8-15(14(18)9-10)20-17(22)11(2)23-13-6-4-12(5-7-13)16(19)21/h3-9,11H,1-2H3,(H2,19,21)(H,20,22)/t11-/m1/s1. The summed E-state index contributed by atoms with van der Waals surface area (Å²) in [6.07, 6.45) is -0.692. The van der Waals surface area contributed by atoms with E-state index < -0.39 is 12.0 Å². The van der Waals surface area contributed by atoms with Crippen molar-refractivity contribution in [3.8, 4) is 5.75 Å². The third-order valence-corrected chi connectivity index (χ3v) is 3.86. The number of anilines is 1. The van der Waals surface area contributed by atoms with Gasteiger partial charge in [0.2, 0.25) is 5.91 Å². The number of hydrogen-bond donors (Lipinski definition) is 2. The summed E-state index contributed by atoms with van der Waals surface area (Å²) in [6.45, 7) is 3.62. The van der Waals surface area contributed by atoms with Crippen LogP contribution in [0, 0.1) is 6.92 Å². The van der Waals surface area contributed by atoms with Gasteiger partial charge in [0, 0.05) is 10.0 Å². The molecular formula is C17H17BrN2O3. The number of halogens is 1. The highest BCUT2D eigenvalue weighted by atomic mass is 79.9. The number of primary amides is 1. The van der Waals surface area contributed by atoms with Gasteiger partial charge >= 0.3 is 0 Å². The predicted molar refractivity (Wildman–Crippen MR) is 92.6 cm³/mol.